The molecule has 1 aliphatic rings. The van der Waals surface area contributed by atoms with Crippen LogP contribution in [-0.2, 0) is 9.59 Å². The number of carbonyl (C=O) groups is 3. The molecule has 0 bridgehead atoms. The van der Waals surface area contributed by atoms with E-state index in [4.69, 9.17) is 0 Å². The fourth-order valence-corrected chi connectivity index (χ4v) is 5.82. The van der Waals surface area contributed by atoms with Crippen molar-refractivity contribution in [1.29, 1.82) is 0 Å². The van der Waals surface area contributed by atoms with E-state index in [9.17, 15) is 24.6 Å². The first kappa shape index (κ1) is 29.6. The zero-order chi connectivity index (χ0) is 28.6. The summed E-state index contributed by atoms with van der Waals surface area (Å²) >= 11 is 1.57. The van der Waals surface area contributed by atoms with Crippen molar-refractivity contribution < 1.29 is 24.6 Å². The Balaban J connectivity index is 1.81. The van der Waals surface area contributed by atoms with Gasteiger partial charge in [-0.1, -0.05) is 45.0 Å². The van der Waals surface area contributed by atoms with Crippen LogP contribution >= 0.6 is 11.3 Å². The summed E-state index contributed by atoms with van der Waals surface area (Å²) in [6, 6.07) is 5.62. The highest BCUT2D eigenvalue weighted by molar-refractivity contribution is 7.13. The third-order valence-electron chi connectivity index (χ3n) is 6.88. The van der Waals surface area contributed by atoms with Gasteiger partial charge in [-0.15, -0.1) is 11.3 Å². The molecule has 3 rings (SSSR count). The van der Waals surface area contributed by atoms with Gasteiger partial charge >= 0.3 is 6.09 Å². The molecule has 0 aliphatic carbocycles. The maximum Gasteiger partial charge on any atom is 0.408 e. The average Bonchev–Trinajstić information content (AvgIpc) is 3.40. The Morgan fingerprint density at radius 1 is 1.13 bits per heavy atom. The van der Waals surface area contributed by atoms with Crippen LogP contribution in [0.15, 0.2) is 29.8 Å². The highest BCUT2D eigenvalue weighted by atomic mass is 32.1. The highest BCUT2D eigenvalue weighted by Gasteiger charge is 2.49. The number of nitrogens with one attached hydrogen (secondary N) is 1. The number of likely N-dealkylation sites (tertiary alicyclic amines) is 1. The van der Waals surface area contributed by atoms with Crippen LogP contribution in [0.2, 0.25) is 0 Å². The Bertz CT molecular complexity index is 1170. The second-order valence-corrected chi connectivity index (χ2v) is 13.0. The molecule has 3 amide bonds. The van der Waals surface area contributed by atoms with Crippen LogP contribution in [0.1, 0.15) is 72.2 Å². The Labute approximate surface area is 228 Å². The van der Waals surface area contributed by atoms with Crippen molar-refractivity contribution in [2.75, 3.05) is 6.54 Å². The van der Waals surface area contributed by atoms with Gasteiger partial charge in [-0.2, -0.15) is 0 Å². The van der Waals surface area contributed by atoms with E-state index in [0.717, 1.165) is 26.6 Å². The average molecular weight is 545 g/mol. The van der Waals surface area contributed by atoms with Crippen LogP contribution in [0, 0.1) is 12.3 Å². The van der Waals surface area contributed by atoms with Gasteiger partial charge in [0.05, 0.1) is 28.2 Å². The monoisotopic (exact) mass is 544 g/mol. The largest absolute Gasteiger partial charge is 0.465 e. The topological polar surface area (TPSA) is 123 Å². The standard InChI is InChI=1S/C28H40N4O5S/c1-16(18-9-11-19(12-10-18)22-17(2)29-15-38-22)30-24(34)21-13-20(33)14-31(21)25(35)23(27(3,4)5)32(26(36)37)28(6,7)8/h9-12,15-16,20-21,23,33H,13-14H2,1-8H3,(H,30,34)(H,36,37)/t16-,20-,21-,23+/m1/s1. The number of amides is 3. The predicted octanol–water partition coefficient (Wildman–Crippen LogP) is 4.45. The molecule has 1 fully saturated rings. The molecule has 0 saturated carbocycles. The minimum atomic E-state index is -1.21. The maximum atomic E-state index is 13.9. The quantitative estimate of drug-likeness (QED) is 0.494. The number of hydrogen-bond acceptors (Lipinski definition) is 6. The molecule has 1 aromatic carbocycles. The molecule has 0 radical (unpaired) electrons. The summed E-state index contributed by atoms with van der Waals surface area (Å²) in [6.07, 6.45) is -1.99. The van der Waals surface area contributed by atoms with Gasteiger partial charge in [0.25, 0.3) is 0 Å². The fourth-order valence-electron chi connectivity index (χ4n) is 5.01. The zero-order valence-corrected chi connectivity index (χ0v) is 24.3. The fraction of sp³-hybridized carbons (Fsp3) is 0.571. The van der Waals surface area contributed by atoms with Crippen molar-refractivity contribution in [3.63, 3.8) is 0 Å². The zero-order valence-electron chi connectivity index (χ0n) is 23.5. The molecule has 10 heteroatoms. The second kappa shape index (κ2) is 11.0. The first-order chi connectivity index (χ1) is 17.5. The Morgan fingerprint density at radius 3 is 2.21 bits per heavy atom. The minimum absolute atomic E-state index is 0.0294. The van der Waals surface area contributed by atoms with Gasteiger partial charge in [-0.25, -0.2) is 9.78 Å². The summed E-state index contributed by atoms with van der Waals surface area (Å²) in [5, 5.41) is 23.5. The lowest BCUT2D eigenvalue weighted by Gasteiger charge is -2.46. The third-order valence-corrected chi connectivity index (χ3v) is 7.86. The molecule has 1 aromatic heterocycles. The van der Waals surface area contributed by atoms with Crippen molar-refractivity contribution in [1.82, 2.24) is 20.1 Å². The van der Waals surface area contributed by atoms with Crippen LogP contribution < -0.4 is 5.32 Å². The molecule has 1 saturated heterocycles. The van der Waals surface area contributed by atoms with Crippen LogP contribution in [0.3, 0.4) is 0 Å². The molecule has 208 valence electrons. The number of hydrogen-bond donors (Lipinski definition) is 3. The lowest BCUT2D eigenvalue weighted by Crippen LogP contribution is -2.63. The lowest BCUT2D eigenvalue weighted by atomic mass is 9.82. The molecule has 2 aromatic rings. The molecule has 0 unspecified atom stereocenters. The van der Waals surface area contributed by atoms with E-state index in [1.165, 1.54) is 4.90 Å². The molecular weight excluding hydrogens is 504 g/mol. The second-order valence-electron chi connectivity index (χ2n) is 12.1. The van der Waals surface area contributed by atoms with Gasteiger partial charge < -0.3 is 20.4 Å². The van der Waals surface area contributed by atoms with Gasteiger partial charge in [0.1, 0.15) is 12.1 Å². The molecular formula is C28H40N4O5S. The molecule has 4 atom stereocenters. The molecule has 9 nitrogen and oxygen atoms in total. The van der Waals surface area contributed by atoms with Gasteiger partial charge in [-0.3, -0.25) is 14.5 Å². The molecule has 1 aliphatic heterocycles. The van der Waals surface area contributed by atoms with E-state index in [0.29, 0.717) is 0 Å². The number of carboxylic acid groups (broad SMARTS) is 1. The summed E-state index contributed by atoms with van der Waals surface area (Å²) in [7, 11) is 0. The number of thiazole rings is 1. The van der Waals surface area contributed by atoms with Crippen molar-refractivity contribution >= 4 is 29.2 Å². The van der Waals surface area contributed by atoms with Gasteiger partial charge in [0.2, 0.25) is 11.8 Å². The number of benzene rings is 1. The summed E-state index contributed by atoms with van der Waals surface area (Å²) in [5.41, 5.74) is 3.13. The lowest BCUT2D eigenvalue weighted by molar-refractivity contribution is -0.147. The van der Waals surface area contributed by atoms with Crippen LogP contribution in [-0.4, -0.2) is 73.2 Å². The van der Waals surface area contributed by atoms with E-state index in [1.807, 2.05) is 43.6 Å². The van der Waals surface area contributed by atoms with Crippen molar-refractivity contribution in [3.05, 3.63) is 41.0 Å². The molecule has 38 heavy (non-hydrogen) atoms. The normalized spacial score (nSPS) is 19.7. The first-order valence-corrected chi connectivity index (χ1v) is 13.7. The SMILES string of the molecule is Cc1ncsc1-c1ccc([C@@H](C)NC(=O)[C@H]2C[C@@H](O)CN2C(=O)[C@H](N(C(=O)O)C(C)(C)C)C(C)(C)C)cc1. The van der Waals surface area contributed by atoms with E-state index in [1.54, 1.807) is 52.9 Å². The summed E-state index contributed by atoms with van der Waals surface area (Å²) < 4.78 is 0. The van der Waals surface area contributed by atoms with E-state index in [2.05, 4.69) is 10.3 Å². The van der Waals surface area contributed by atoms with Crippen LogP contribution in [0.4, 0.5) is 4.79 Å². The number of nitrogens with zero attached hydrogens (tertiary/aromatic N) is 3. The number of aliphatic hydroxyl groups is 1. The van der Waals surface area contributed by atoms with E-state index >= 15 is 0 Å². The molecule has 0 spiro atoms. The van der Waals surface area contributed by atoms with Crippen LogP contribution in [0.5, 0.6) is 0 Å². The summed E-state index contributed by atoms with van der Waals surface area (Å²) in [6.45, 7) is 14.4. The van der Waals surface area contributed by atoms with Crippen molar-refractivity contribution in [3.8, 4) is 10.4 Å². The highest BCUT2D eigenvalue weighted by Crippen LogP contribution is 2.34. The summed E-state index contributed by atoms with van der Waals surface area (Å²) in [5.74, 6) is -0.862. The molecule has 3 N–H and O–H groups in total. The van der Waals surface area contributed by atoms with Crippen molar-refractivity contribution in [2.45, 2.75) is 91.6 Å². The van der Waals surface area contributed by atoms with Crippen LogP contribution in [0.25, 0.3) is 10.4 Å². The minimum Gasteiger partial charge on any atom is -0.465 e. The number of rotatable bonds is 6. The van der Waals surface area contributed by atoms with E-state index < -0.39 is 41.1 Å². The third kappa shape index (κ3) is 6.35. The predicted molar refractivity (Wildman–Crippen MR) is 148 cm³/mol. The Morgan fingerprint density at radius 2 is 1.74 bits per heavy atom. The summed E-state index contributed by atoms with van der Waals surface area (Å²) in [4.78, 5) is 47.5. The number of aromatic nitrogens is 1. The number of carbonyl (C=O) groups excluding carboxylic acids is 2. The first-order valence-electron chi connectivity index (χ1n) is 12.8. The number of β-amino-alcohol motifs (C(OH)–C–C–N with tert-alkyl or cyclic N) is 1. The smallest absolute Gasteiger partial charge is 0.408 e. The van der Waals surface area contributed by atoms with Crippen molar-refractivity contribution in [2.24, 2.45) is 5.41 Å². The number of aliphatic hydroxyl groups excluding tert-OH is 1. The van der Waals surface area contributed by atoms with Gasteiger partial charge in [-0.05, 0) is 51.2 Å². The molecule has 2 heterocycles. The number of aryl methyl sites for hydroxylation is 1. The Hall–Kier alpha value is -2.98. The van der Waals surface area contributed by atoms with Gasteiger partial charge in [0, 0.05) is 18.5 Å². The maximum absolute atomic E-state index is 13.9. The van der Waals surface area contributed by atoms with E-state index in [-0.39, 0.29) is 24.9 Å². The Kier molecular flexibility index (Phi) is 8.58. The van der Waals surface area contributed by atoms with Gasteiger partial charge in [0.15, 0.2) is 0 Å².